The summed E-state index contributed by atoms with van der Waals surface area (Å²) in [6.07, 6.45) is -0.702. The van der Waals surface area contributed by atoms with Gasteiger partial charge in [0.15, 0.2) is 17.3 Å². The second-order valence-electron chi connectivity index (χ2n) is 4.18. The molecule has 1 aromatic heterocycles. The molecule has 1 N–H and O–H groups in total. The number of rotatable bonds is 2. The monoisotopic (exact) mass is 260 g/mol. The lowest BCUT2D eigenvalue weighted by atomic mass is 10.2. The van der Waals surface area contributed by atoms with E-state index in [1.807, 2.05) is 12.1 Å². The van der Waals surface area contributed by atoms with Crippen molar-refractivity contribution < 1.29 is 18.8 Å². The molecular formula is C13H12N2O4. The summed E-state index contributed by atoms with van der Waals surface area (Å²) in [6.45, 7) is 1.92. The summed E-state index contributed by atoms with van der Waals surface area (Å²) in [4.78, 5) is 12.0. The van der Waals surface area contributed by atoms with E-state index in [2.05, 4.69) is 10.5 Å². The number of nitrogens with zero attached hydrogens (tertiary/aromatic N) is 1. The highest BCUT2D eigenvalue weighted by Gasteiger charge is 2.27. The Kier molecular flexibility index (Phi) is 2.83. The van der Waals surface area contributed by atoms with Crippen molar-refractivity contribution in [2.24, 2.45) is 0 Å². The number of ether oxygens (including phenoxy) is 2. The number of hydrogen-bond donors (Lipinski definition) is 1. The zero-order valence-electron chi connectivity index (χ0n) is 10.3. The molecule has 1 amide bonds. The molecule has 0 bridgehead atoms. The third-order valence-corrected chi connectivity index (χ3v) is 2.68. The van der Waals surface area contributed by atoms with E-state index in [-0.39, 0.29) is 12.5 Å². The summed E-state index contributed by atoms with van der Waals surface area (Å²) in [5.74, 6) is 1.88. The van der Waals surface area contributed by atoms with E-state index >= 15 is 0 Å². The van der Waals surface area contributed by atoms with Crippen molar-refractivity contribution in [3.05, 3.63) is 36.1 Å². The summed E-state index contributed by atoms with van der Waals surface area (Å²) in [5, 5.41) is 6.31. The van der Waals surface area contributed by atoms with Crippen LogP contribution < -0.4 is 14.8 Å². The first-order chi connectivity index (χ1) is 9.22. The molecule has 2 heterocycles. The Bertz CT molecular complexity index is 608. The van der Waals surface area contributed by atoms with Crippen LogP contribution in [0.2, 0.25) is 0 Å². The average molecular weight is 260 g/mol. The van der Waals surface area contributed by atoms with Crippen LogP contribution in [-0.2, 0) is 4.79 Å². The predicted molar refractivity (Wildman–Crippen MR) is 66.2 cm³/mol. The lowest BCUT2D eigenvalue weighted by molar-refractivity contribution is -0.125. The molecular weight excluding hydrogens is 248 g/mol. The first-order valence-corrected chi connectivity index (χ1v) is 5.85. The Morgan fingerprint density at radius 1 is 1.37 bits per heavy atom. The fourth-order valence-electron chi connectivity index (χ4n) is 1.78. The SMILES string of the molecule is Cc1cc(NC(=O)[C@@H]2COc3ccccc3O2)no1. The van der Waals surface area contributed by atoms with E-state index in [4.69, 9.17) is 14.0 Å². The van der Waals surface area contributed by atoms with Crippen molar-refractivity contribution in [3.8, 4) is 11.5 Å². The average Bonchev–Trinajstić information content (AvgIpc) is 2.83. The van der Waals surface area contributed by atoms with Gasteiger partial charge in [-0.1, -0.05) is 17.3 Å². The normalized spacial score (nSPS) is 17.0. The van der Waals surface area contributed by atoms with Crippen molar-refractivity contribution in [1.29, 1.82) is 0 Å². The fraction of sp³-hybridized carbons (Fsp3) is 0.231. The van der Waals surface area contributed by atoms with Crippen molar-refractivity contribution >= 4 is 11.7 Å². The molecule has 1 aliphatic rings. The third kappa shape index (κ3) is 2.37. The third-order valence-electron chi connectivity index (χ3n) is 2.68. The summed E-state index contributed by atoms with van der Waals surface area (Å²) in [6, 6.07) is 8.86. The molecule has 1 atom stereocenters. The van der Waals surface area contributed by atoms with Gasteiger partial charge >= 0.3 is 0 Å². The summed E-state index contributed by atoms with van der Waals surface area (Å²) in [5.41, 5.74) is 0. The quantitative estimate of drug-likeness (QED) is 0.890. The maximum atomic E-state index is 12.0. The van der Waals surface area contributed by atoms with Crippen LogP contribution >= 0.6 is 0 Å². The fourth-order valence-corrected chi connectivity index (χ4v) is 1.78. The van der Waals surface area contributed by atoms with Gasteiger partial charge in [-0.3, -0.25) is 4.79 Å². The highest BCUT2D eigenvalue weighted by molar-refractivity contribution is 5.93. The van der Waals surface area contributed by atoms with Gasteiger partial charge in [-0.15, -0.1) is 0 Å². The minimum absolute atomic E-state index is 0.166. The van der Waals surface area contributed by atoms with Crippen LogP contribution in [0.4, 0.5) is 5.82 Å². The van der Waals surface area contributed by atoms with E-state index in [0.29, 0.717) is 23.1 Å². The Morgan fingerprint density at radius 2 is 2.16 bits per heavy atom. The molecule has 3 rings (SSSR count). The molecule has 0 saturated heterocycles. The lowest BCUT2D eigenvalue weighted by Crippen LogP contribution is -2.40. The molecule has 0 radical (unpaired) electrons. The van der Waals surface area contributed by atoms with Gasteiger partial charge < -0.3 is 19.3 Å². The smallest absolute Gasteiger partial charge is 0.270 e. The van der Waals surface area contributed by atoms with Crippen LogP contribution in [0.1, 0.15) is 5.76 Å². The van der Waals surface area contributed by atoms with Crippen molar-refractivity contribution in [3.63, 3.8) is 0 Å². The number of hydrogen-bond acceptors (Lipinski definition) is 5. The van der Waals surface area contributed by atoms with Crippen LogP contribution in [-0.4, -0.2) is 23.8 Å². The number of nitrogens with one attached hydrogen (secondary N) is 1. The molecule has 1 aromatic carbocycles. The van der Waals surface area contributed by atoms with Gasteiger partial charge in [0.1, 0.15) is 12.4 Å². The maximum Gasteiger partial charge on any atom is 0.270 e. The van der Waals surface area contributed by atoms with Gasteiger partial charge in [0.25, 0.3) is 5.91 Å². The number of anilines is 1. The second-order valence-corrected chi connectivity index (χ2v) is 4.18. The highest BCUT2D eigenvalue weighted by Crippen LogP contribution is 2.31. The van der Waals surface area contributed by atoms with E-state index in [1.165, 1.54) is 0 Å². The number of para-hydroxylation sites is 2. The van der Waals surface area contributed by atoms with Crippen LogP contribution in [0.5, 0.6) is 11.5 Å². The largest absolute Gasteiger partial charge is 0.485 e. The first kappa shape index (κ1) is 11.6. The minimum Gasteiger partial charge on any atom is -0.485 e. The first-order valence-electron chi connectivity index (χ1n) is 5.85. The number of amides is 1. The molecule has 0 spiro atoms. The van der Waals surface area contributed by atoms with Crippen molar-refractivity contribution in [2.75, 3.05) is 11.9 Å². The van der Waals surface area contributed by atoms with E-state index in [9.17, 15) is 4.79 Å². The van der Waals surface area contributed by atoms with Gasteiger partial charge in [-0.05, 0) is 19.1 Å². The zero-order chi connectivity index (χ0) is 13.2. The van der Waals surface area contributed by atoms with Gasteiger partial charge in [-0.2, -0.15) is 0 Å². The van der Waals surface area contributed by atoms with Crippen LogP contribution in [0.15, 0.2) is 34.9 Å². The van der Waals surface area contributed by atoms with Crippen LogP contribution in [0, 0.1) is 6.92 Å². The number of fused-ring (bicyclic) bond motifs is 1. The predicted octanol–water partition coefficient (Wildman–Crippen LogP) is 1.76. The molecule has 0 aliphatic carbocycles. The van der Waals surface area contributed by atoms with Crippen LogP contribution in [0.25, 0.3) is 0 Å². The Balaban J connectivity index is 1.69. The Morgan fingerprint density at radius 3 is 2.89 bits per heavy atom. The van der Waals surface area contributed by atoms with Gasteiger partial charge in [-0.25, -0.2) is 0 Å². The maximum absolute atomic E-state index is 12.0. The number of carbonyl (C=O) groups is 1. The Hall–Kier alpha value is -2.50. The topological polar surface area (TPSA) is 73.6 Å². The molecule has 1 aliphatic heterocycles. The zero-order valence-corrected chi connectivity index (χ0v) is 10.3. The molecule has 19 heavy (non-hydrogen) atoms. The summed E-state index contributed by atoms with van der Waals surface area (Å²) < 4.78 is 15.9. The minimum atomic E-state index is -0.702. The molecule has 6 nitrogen and oxygen atoms in total. The molecule has 0 fully saturated rings. The molecule has 6 heteroatoms. The van der Waals surface area contributed by atoms with E-state index in [0.717, 1.165) is 0 Å². The highest BCUT2D eigenvalue weighted by atomic mass is 16.6. The van der Waals surface area contributed by atoms with E-state index < -0.39 is 6.10 Å². The molecule has 0 saturated carbocycles. The van der Waals surface area contributed by atoms with Gasteiger partial charge in [0.2, 0.25) is 6.10 Å². The Labute approximate surface area is 109 Å². The van der Waals surface area contributed by atoms with Gasteiger partial charge in [0.05, 0.1) is 0 Å². The van der Waals surface area contributed by atoms with Gasteiger partial charge in [0, 0.05) is 6.07 Å². The lowest BCUT2D eigenvalue weighted by Gasteiger charge is -2.25. The van der Waals surface area contributed by atoms with E-state index in [1.54, 1.807) is 25.1 Å². The van der Waals surface area contributed by atoms with Crippen LogP contribution in [0.3, 0.4) is 0 Å². The second kappa shape index (κ2) is 4.64. The van der Waals surface area contributed by atoms with Crippen molar-refractivity contribution in [2.45, 2.75) is 13.0 Å². The summed E-state index contributed by atoms with van der Waals surface area (Å²) in [7, 11) is 0. The number of benzene rings is 1. The molecule has 0 unspecified atom stereocenters. The molecule has 98 valence electrons. The number of aromatic nitrogens is 1. The van der Waals surface area contributed by atoms with Crippen molar-refractivity contribution in [1.82, 2.24) is 5.16 Å². The standard InChI is InChI=1S/C13H12N2O4/c1-8-6-12(15-19-8)14-13(16)11-7-17-9-4-2-3-5-10(9)18-11/h2-6,11H,7H2,1H3,(H,14,15,16)/t11-/m0/s1. The number of aryl methyl sites for hydroxylation is 1. The molecule has 2 aromatic rings. The summed E-state index contributed by atoms with van der Waals surface area (Å²) >= 11 is 0. The number of carbonyl (C=O) groups excluding carboxylic acids is 1.